The predicted molar refractivity (Wildman–Crippen MR) is 49.0 cm³/mol. The van der Waals surface area contributed by atoms with Crippen LogP contribution in [0.3, 0.4) is 0 Å². The molecule has 1 aromatic rings. The molecule has 0 bridgehead atoms. The van der Waals surface area contributed by atoms with Gasteiger partial charge in [-0.1, -0.05) is 30.0 Å². The van der Waals surface area contributed by atoms with Crippen molar-refractivity contribution in [1.29, 1.82) is 0 Å². The van der Waals surface area contributed by atoms with Crippen molar-refractivity contribution in [1.82, 2.24) is 0 Å². The van der Waals surface area contributed by atoms with E-state index in [2.05, 4.69) is 5.92 Å². The van der Waals surface area contributed by atoms with Crippen LogP contribution in [0, 0.1) is 11.8 Å². The zero-order valence-electron chi connectivity index (χ0n) is 8.04. The third-order valence-corrected chi connectivity index (χ3v) is 2.05. The average molecular weight is 234 g/mol. The SMILES string of the molecule is O=S(=O)([O-])C(O)C#Cc1ccccc1.[Na+]. The first-order valence-corrected chi connectivity index (χ1v) is 5.16. The number of rotatable bonds is 1. The predicted octanol–water partition coefficient (Wildman–Crippen LogP) is -3.09. The van der Waals surface area contributed by atoms with E-state index in [0.717, 1.165) is 0 Å². The Kier molecular flexibility index (Phi) is 6.13. The van der Waals surface area contributed by atoms with Gasteiger partial charge in [-0.05, 0) is 12.1 Å². The van der Waals surface area contributed by atoms with Crippen LogP contribution >= 0.6 is 0 Å². The van der Waals surface area contributed by atoms with Crippen LogP contribution in [0.4, 0.5) is 0 Å². The molecule has 0 aromatic heterocycles. The molecule has 1 unspecified atom stereocenters. The minimum Gasteiger partial charge on any atom is -0.745 e. The molecule has 74 valence electrons. The second-order valence-corrected chi connectivity index (χ2v) is 3.91. The van der Waals surface area contributed by atoms with E-state index < -0.39 is 15.6 Å². The molecule has 0 fully saturated rings. The third-order valence-electron chi connectivity index (χ3n) is 1.39. The smallest absolute Gasteiger partial charge is 0.745 e. The summed E-state index contributed by atoms with van der Waals surface area (Å²) in [5, 5.41) is 8.77. The van der Waals surface area contributed by atoms with E-state index in [-0.39, 0.29) is 29.6 Å². The first kappa shape index (κ1) is 14.6. The van der Waals surface area contributed by atoms with E-state index in [1.807, 2.05) is 5.92 Å². The van der Waals surface area contributed by atoms with Gasteiger partial charge >= 0.3 is 29.6 Å². The van der Waals surface area contributed by atoms with Gasteiger partial charge in [-0.2, -0.15) is 0 Å². The molecule has 15 heavy (non-hydrogen) atoms. The van der Waals surface area contributed by atoms with Crippen molar-refractivity contribution in [2.24, 2.45) is 0 Å². The molecule has 1 aromatic carbocycles. The molecular formula is C9H7NaO4S. The van der Waals surface area contributed by atoms with Crippen LogP contribution in [0.25, 0.3) is 0 Å². The summed E-state index contributed by atoms with van der Waals surface area (Å²) in [5.41, 5.74) is -1.63. The van der Waals surface area contributed by atoms with E-state index in [9.17, 15) is 13.0 Å². The number of benzene rings is 1. The molecule has 1 N–H and O–H groups in total. The van der Waals surface area contributed by atoms with E-state index in [0.29, 0.717) is 5.56 Å². The standard InChI is InChI=1S/C9H8O4S.Na/c10-9(14(11,12)13)7-6-8-4-2-1-3-5-8;/h1-5,9-10H,(H,11,12,13);/q;+1/p-1. The monoisotopic (exact) mass is 234 g/mol. The first-order valence-electron chi connectivity index (χ1n) is 3.69. The van der Waals surface area contributed by atoms with Crippen molar-refractivity contribution >= 4 is 10.1 Å². The summed E-state index contributed by atoms with van der Waals surface area (Å²) in [5.74, 6) is 4.32. The second kappa shape index (κ2) is 6.28. The Balaban J connectivity index is 0.00000196. The maximum atomic E-state index is 10.2. The molecule has 0 aliphatic heterocycles. The van der Waals surface area contributed by atoms with Gasteiger partial charge in [-0.25, -0.2) is 8.42 Å². The topological polar surface area (TPSA) is 77.4 Å². The van der Waals surface area contributed by atoms with Crippen LogP contribution in [0.1, 0.15) is 5.56 Å². The van der Waals surface area contributed by atoms with Gasteiger partial charge in [0.2, 0.25) is 5.44 Å². The molecular weight excluding hydrogens is 227 g/mol. The summed E-state index contributed by atoms with van der Waals surface area (Å²) in [6.07, 6.45) is 0. The summed E-state index contributed by atoms with van der Waals surface area (Å²) in [6, 6.07) is 8.46. The van der Waals surface area contributed by atoms with E-state index in [4.69, 9.17) is 5.11 Å². The summed E-state index contributed by atoms with van der Waals surface area (Å²) in [6.45, 7) is 0. The fourth-order valence-corrected chi connectivity index (χ4v) is 0.942. The summed E-state index contributed by atoms with van der Waals surface area (Å²) in [7, 11) is -4.74. The fraction of sp³-hybridized carbons (Fsp3) is 0.111. The summed E-state index contributed by atoms with van der Waals surface area (Å²) >= 11 is 0. The van der Waals surface area contributed by atoms with Crippen molar-refractivity contribution < 1.29 is 47.6 Å². The van der Waals surface area contributed by atoms with Crippen molar-refractivity contribution in [2.45, 2.75) is 5.44 Å². The molecule has 0 amide bonds. The van der Waals surface area contributed by atoms with Crippen LogP contribution in [-0.4, -0.2) is 23.5 Å². The summed E-state index contributed by atoms with van der Waals surface area (Å²) in [4.78, 5) is 0. The molecule has 0 spiro atoms. The second-order valence-electron chi connectivity index (χ2n) is 2.48. The molecule has 4 nitrogen and oxygen atoms in total. The number of aliphatic hydroxyl groups excluding tert-OH is 1. The van der Waals surface area contributed by atoms with Crippen molar-refractivity contribution in [2.75, 3.05) is 0 Å². The van der Waals surface area contributed by atoms with Gasteiger partial charge < -0.3 is 9.66 Å². The van der Waals surface area contributed by atoms with E-state index >= 15 is 0 Å². The zero-order valence-corrected chi connectivity index (χ0v) is 10.9. The zero-order chi connectivity index (χ0) is 10.6. The quantitative estimate of drug-likeness (QED) is 0.317. The van der Waals surface area contributed by atoms with E-state index in [1.165, 1.54) is 0 Å². The Morgan fingerprint density at radius 3 is 2.27 bits per heavy atom. The maximum absolute atomic E-state index is 10.2. The number of hydrogen-bond acceptors (Lipinski definition) is 4. The molecule has 0 saturated heterocycles. The van der Waals surface area contributed by atoms with Crippen LogP contribution < -0.4 is 29.6 Å². The third kappa shape index (κ3) is 5.33. The maximum Gasteiger partial charge on any atom is 1.00 e. The molecule has 1 atom stereocenters. The van der Waals surface area contributed by atoms with Gasteiger partial charge in [-0.15, -0.1) is 0 Å². The number of hydrogen-bond donors (Lipinski definition) is 1. The van der Waals surface area contributed by atoms with E-state index in [1.54, 1.807) is 30.3 Å². The van der Waals surface area contributed by atoms with Crippen LogP contribution in [0.15, 0.2) is 30.3 Å². The largest absolute Gasteiger partial charge is 1.00 e. The normalized spacial score (nSPS) is 11.9. The van der Waals surface area contributed by atoms with Gasteiger partial charge in [0.25, 0.3) is 0 Å². The Morgan fingerprint density at radius 1 is 1.27 bits per heavy atom. The summed E-state index contributed by atoms with van der Waals surface area (Å²) < 4.78 is 30.7. The van der Waals surface area contributed by atoms with Crippen molar-refractivity contribution in [3.63, 3.8) is 0 Å². The van der Waals surface area contributed by atoms with Crippen LogP contribution in [0.5, 0.6) is 0 Å². The van der Waals surface area contributed by atoms with Crippen LogP contribution in [-0.2, 0) is 10.1 Å². The molecule has 6 heteroatoms. The molecule has 0 aliphatic rings. The first-order chi connectivity index (χ1) is 6.50. The Labute approximate surface area is 110 Å². The van der Waals surface area contributed by atoms with Crippen molar-refractivity contribution in [3.8, 4) is 11.8 Å². The Bertz CT molecular complexity index is 458. The van der Waals surface area contributed by atoms with Gasteiger partial charge in [0.05, 0.1) is 0 Å². The molecule has 0 aliphatic carbocycles. The molecule has 0 radical (unpaired) electrons. The average Bonchev–Trinajstić information content (AvgIpc) is 2.14. The Hall–Kier alpha value is -0.350. The minimum absolute atomic E-state index is 0. The molecule has 1 rings (SSSR count). The van der Waals surface area contributed by atoms with Gasteiger partial charge in [0.1, 0.15) is 10.1 Å². The van der Waals surface area contributed by atoms with Crippen molar-refractivity contribution in [3.05, 3.63) is 35.9 Å². The Morgan fingerprint density at radius 2 is 1.80 bits per heavy atom. The molecule has 0 saturated carbocycles. The molecule has 0 heterocycles. The van der Waals surface area contributed by atoms with Gasteiger partial charge in [0, 0.05) is 5.56 Å². The minimum atomic E-state index is -4.74. The van der Waals surface area contributed by atoms with Gasteiger partial charge in [-0.3, -0.25) is 0 Å². The van der Waals surface area contributed by atoms with Gasteiger partial charge in [0.15, 0.2) is 0 Å². The fourth-order valence-electron chi connectivity index (χ4n) is 0.739. The van der Waals surface area contributed by atoms with Crippen LogP contribution in [0.2, 0.25) is 0 Å². The number of aliphatic hydroxyl groups is 1.